The lowest BCUT2D eigenvalue weighted by atomic mass is 10.0. The van der Waals surface area contributed by atoms with Gasteiger partial charge in [-0.25, -0.2) is 0 Å². The highest BCUT2D eigenvalue weighted by Gasteiger charge is 1.99. The number of nitrogens with two attached hydrogens (primary N) is 1. The molecule has 1 rings (SSSR count). The molecule has 0 aromatic carbocycles. The summed E-state index contributed by atoms with van der Waals surface area (Å²) < 4.78 is 0. The molecule has 0 fully saturated rings. The van der Waals surface area contributed by atoms with Gasteiger partial charge in [-0.3, -0.25) is 0 Å². The molecule has 0 amide bonds. The van der Waals surface area contributed by atoms with Crippen LogP contribution in [0.3, 0.4) is 0 Å². The van der Waals surface area contributed by atoms with E-state index >= 15 is 0 Å². The van der Waals surface area contributed by atoms with Gasteiger partial charge in [-0.1, -0.05) is 6.92 Å². The summed E-state index contributed by atoms with van der Waals surface area (Å²) in [7, 11) is 0. The predicted molar refractivity (Wildman–Crippen MR) is 68.1 cm³/mol. The van der Waals surface area contributed by atoms with Crippen molar-refractivity contribution in [1.29, 1.82) is 0 Å². The lowest BCUT2D eigenvalue weighted by Crippen LogP contribution is -2.15. The van der Waals surface area contributed by atoms with Crippen LogP contribution in [0.5, 0.6) is 0 Å². The van der Waals surface area contributed by atoms with Crippen LogP contribution >= 0.6 is 11.3 Å². The average molecular weight is 226 g/mol. The molecular formula is C12H22N2S. The Balaban J connectivity index is 1.93. The van der Waals surface area contributed by atoms with Crippen LogP contribution in [0.2, 0.25) is 0 Å². The van der Waals surface area contributed by atoms with Crippen molar-refractivity contribution in [2.45, 2.75) is 32.7 Å². The Morgan fingerprint density at radius 3 is 3.00 bits per heavy atom. The Morgan fingerprint density at radius 1 is 1.47 bits per heavy atom. The van der Waals surface area contributed by atoms with Crippen molar-refractivity contribution in [3.05, 3.63) is 22.4 Å². The summed E-state index contributed by atoms with van der Waals surface area (Å²) in [5.74, 6) is 0.776. The topological polar surface area (TPSA) is 38.0 Å². The molecule has 0 aliphatic carbocycles. The summed E-state index contributed by atoms with van der Waals surface area (Å²) in [6.45, 7) is 5.23. The standard InChI is InChI=1S/C12H22N2S/c1-11(4-6-13)3-2-7-14-9-12-5-8-15-10-12/h5,8,10-11,14H,2-4,6-7,9,13H2,1H3. The highest BCUT2D eigenvalue weighted by Crippen LogP contribution is 2.08. The highest BCUT2D eigenvalue weighted by molar-refractivity contribution is 7.07. The van der Waals surface area contributed by atoms with Crippen LogP contribution in [0, 0.1) is 5.92 Å². The van der Waals surface area contributed by atoms with Crippen LogP contribution in [0.25, 0.3) is 0 Å². The molecule has 0 saturated heterocycles. The Hall–Kier alpha value is -0.380. The number of thiophene rings is 1. The third-order valence-corrected chi connectivity index (χ3v) is 3.35. The molecule has 0 saturated carbocycles. The molecule has 2 nitrogen and oxygen atoms in total. The summed E-state index contributed by atoms with van der Waals surface area (Å²) in [5, 5.41) is 7.78. The van der Waals surface area contributed by atoms with E-state index in [0.717, 1.165) is 32.0 Å². The van der Waals surface area contributed by atoms with Gasteiger partial charge >= 0.3 is 0 Å². The fraction of sp³-hybridized carbons (Fsp3) is 0.667. The van der Waals surface area contributed by atoms with Crippen LogP contribution in [0.15, 0.2) is 16.8 Å². The zero-order valence-electron chi connectivity index (χ0n) is 9.54. The van der Waals surface area contributed by atoms with Crippen molar-refractivity contribution in [2.24, 2.45) is 11.7 Å². The maximum absolute atomic E-state index is 5.51. The zero-order chi connectivity index (χ0) is 10.9. The fourth-order valence-corrected chi connectivity index (χ4v) is 2.30. The maximum Gasteiger partial charge on any atom is 0.0213 e. The molecule has 1 aromatic heterocycles. The molecular weight excluding hydrogens is 204 g/mol. The maximum atomic E-state index is 5.51. The van der Waals surface area contributed by atoms with E-state index in [0.29, 0.717) is 0 Å². The molecule has 0 aliphatic heterocycles. The van der Waals surface area contributed by atoms with E-state index in [1.54, 1.807) is 11.3 Å². The average Bonchev–Trinajstić information content (AvgIpc) is 2.70. The Labute approximate surface area is 96.9 Å². The molecule has 86 valence electrons. The third-order valence-electron chi connectivity index (χ3n) is 2.62. The molecule has 1 aromatic rings. The first kappa shape index (κ1) is 12.7. The largest absolute Gasteiger partial charge is 0.330 e. The van der Waals surface area contributed by atoms with E-state index in [1.807, 2.05) is 0 Å². The van der Waals surface area contributed by atoms with Gasteiger partial charge in [-0.2, -0.15) is 11.3 Å². The molecule has 0 spiro atoms. The predicted octanol–water partition coefficient (Wildman–Crippen LogP) is 2.60. The second-order valence-corrected chi connectivity index (χ2v) is 4.91. The minimum absolute atomic E-state index is 0.776. The first-order chi connectivity index (χ1) is 7.33. The molecule has 3 N–H and O–H groups in total. The van der Waals surface area contributed by atoms with Crippen LogP contribution in [0.1, 0.15) is 31.7 Å². The molecule has 0 aliphatic rings. The van der Waals surface area contributed by atoms with Gasteiger partial charge in [0.05, 0.1) is 0 Å². The first-order valence-electron chi connectivity index (χ1n) is 5.74. The fourth-order valence-electron chi connectivity index (χ4n) is 1.63. The summed E-state index contributed by atoms with van der Waals surface area (Å²) in [4.78, 5) is 0. The molecule has 3 heteroatoms. The molecule has 1 heterocycles. The number of hydrogen-bond donors (Lipinski definition) is 2. The highest BCUT2D eigenvalue weighted by atomic mass is 32.1. The summed E-state index contributed by atoms with van der Waals surface area (Å²) >= 11 is 1.76. The van der Waals surface area contributed by atoms with Gasteiger partial charge in [0.15, 0.2) is 0 Å². The van der Waals surface area contributed by atoms with Gasteiger partial charge in [0.25, 0.3) is 0 Å². The van der Waals surface area contributed by atoms with E-state index in [9.17, 15) is 0 Å². The monoisotopic (exact) mass is 226 g/mol. The normalized spacial score (nSPS) is 12.9. The summed E-state index contributed by atoms with van der Waals surface area (Å²) in [5.41, 5.74) is 6.91. The second kappa shape index (κ2) is 7.85. The summed E-state index contributed by atoms with van der Waals surface area (Å²) in [6, 6.07) is 2.18. The summed E-state index contributed by atoms with van der Waals surface area (Å²) in [6.07, 6.45) is 3.70. The quantitative estimate of drug-likeness (QED) is 0.669. The van der Waals surface area contributed by atoms with Crippen molar-refractivity contribution in [3.8, 4) is 0 Å². The number of nitrogens with one attached hydrogen (secondary N) is 1. The van der Waals surface area contributed by atoms with Crippen LogP contribution in [-0.2, 0) is 6.54 Å². The Kier molecular flexibility index (Phi) is 6.64. The molecule has 0 radical (unpaired) electrons. The van der Waals surface area contributed by atoms with Crippen molar-refractivity contribution in [1.82, 2.24) is 5.32 Å². The number of rotatable bonds is 8. The van der Waals surface area contributed by atoms with Crippen molar-refractivity contribution < 1.29 is 0 Å². The Bertz CT molecular complexity index is 234. The van der Waals surface area contributed by atoms with Crippen molar-refractivity contribution in [3.63, 3.8) is 0 Å². The number of hydrogen-bond acceptors (Lipinski definition) is 3. The minimum atomic E-state index is 0.776. The molecule has 0 bridgehead atoms. The van der Waals surface area contributed by atoms with Crippen molar-refractivity contribution >= 4 is 11.3 Å². The second-order valence-electron chi connectivity index (χ2n) is 4.13. The van der Waals surface area contributed by atoms with Crippen LogP contribution < -0.4 is 11.1 Å². The van der Waals surface area contributed by atoms with Crippen LogP contribution in [-0.4, -0.2) is 13.1 Å². The SMILES string of the molecule is CC(CCN)CCCNCc1ccsc1. The van der Waals surface area contributed by atoms with E-state index < -0.39 is 0 Å². The molecule has 1 atom stereocenters. The van der Waals surface area contributed by atoms with E-state index in [1.165, 1.54) is 18.4 Å². The first-order valence-corrected chi connectivity index (χ1v) is 6.69. The lowest BCUT2D eigenvalue weighted by molar-refractivity contribution is 0.469. The van der Waals surface area contributed by atoms with Crippen LogP contribution in [0.4, 0.5) is 0 Å². The molecule has 1 unspecified atom stereocenters. The Morgan fingerprint density at radius 2 is 2.33 bits per heavy atom. The van der Waals surface area contributed by atoms with Gasteiger partial charge in [0, 0.05) is 6.54 Å². The smallest absolute Gasteiger partial charge is 0.0213 e. The van der Waals surface area contributed by atoms with E-state index in [4.69, 9.17) is 5.73 Å². The molecule has 15 heavy (non-hydrogen) atoms. The zero-order valence-corrected chi connectivity index (χ0v) is 10.4. The van der Waals surface area contributed by atoms with Gasteiger partial charge in [-0.15, -0.1) is 0 Å². The van der Waals surface area contributed by atoms with E-state index in [-0.39, 0.29) is 0 Å². The van der Waals surface area contributed by atoms with Gasteiger partial charge in [0.2, 0.25) is 0 Å². The van der Waals surface area contributed by atoms with Gasteiger partial charge < -0.3 is 11.1 Å². The van der Waals surface area contributed by atoms with Crippen molar-refractivity contribution in [2.75, 3.05) is 13.1 Å². The lowest BCUT2D eigenvalue weighted by Gasteiger charge is -2.09. The minimum Gasteiger partial charge on any atom is -0.330 e. The van der Waals surface area contributed by atoms with E-state index in [2.05, 4.69) is 29.1 Å². The van der Waals surface area contributed by atoms with Gasteiger partial charge in [-0.05, 0) is 60.7 Å². The third kappa shape index (κ3) is 5.92. The van der Waals surface area contributed by atoms with Gasteiger partial charge in [0.1, 0.15) is 0 Å².